The minimum Gasteiger partial charge on any atom is -0.465 e. The van der Waals surface area contributed by atoms with Gasteiger partial charge in [0, 0.05) is 18.7 Å². The fraction of sp³-hybridized carbons (Fsp3) is 0.357. The summed E-state index contributed by atoms with van der Waals surface area (Å²) in [5.41, 5.74) is -0.204. The first-order valence-corrected chi connectivity index (χ1v) is 8.40. The molecular formula is C14H16N2O6S. The molecule has 0 unspecified atom stereocenters. The zero-order valence-corrected chi connectivity index (χ0v) is 13.2. The molecule has 0 radical (unpaired) electrons. The van der Waals surface area contributed by atoms with Gasteiger partial charge in [-0.05, 0) is 25.5 Å². The summed E-state index contributed by atoms with van der Waals surface area (Å²) in [5, 5.41) is 10.7. The number of nitro benzene ring substituents is 1. The Morgan fingerprint density at radius 3 is 2.57 bits per heavy atom. The van der Waals surface area contributed by atoms with Crippen LogP contribution in [0.2, 0.25) is 0 Å². The molecule has 0 bridgehead atoms. The van der Waals surface area contributed by atoms with E-state index in [2.05, 4.69) is 0 Å². The van der Waals surface area contributed by atoms with Crippen LogP contribution in [0, 0.1) is 10.1 Å². The molecule has 1 atom stereocenters. The summed E-state index contributed by atoms with van der Waals surface area (Å²) in [6.07, 6.45) is 3.60. The summed E-state index contributed by atoms with van der Waals surface area (Å²) < 4.78 is 31.4. The molecule has 1 aromatic carbocycles. The Bertz CT molecular complexity index is 726. The minimum absolute atomic E-state index is 0.0444. The minimum atomic E-state index is -3.96. The van der Waals surface area contributed by atoms with E-state index in [0.29, 0.717) is 0 Å². The molecule has 23 heavy (non-hydrogen) atoms. The second kappa shape index (κ2) is 6.88. The summed E-state index contributed by atoms with van der Waals surface area (Å²) in [6, 6.07) is 3.63. The van der Waals surface area contributed by atoms with Crippen molar-refractivity contribution < 1.29 is 22.9 Å². The topological polar surface area (TPSA) is 107 Å². The lowest BCUT2D eigenvalue weighted by molar-refractivity contribution is -0.384. The van der Waals surface area contributed by atoms with Gasteiger partial charge in [-0.25, -0.2) is 8.42 Å². The number of sulfonamides is 1. The van der Waals surface area contributed by atoms with Crippen molar-refractivity contribution in [3.63, 3.8) is 0 Å². The van der Waals surface area contributed by atoms with Crippen molar-refractivity contribution >= 4 is 21.7 Å². The van der Waals surface area contributed by atoms with Crippen molar-refractivity contribution in [1.82, 2.24) is 4.31 Å². The average molecular weight is 340 g/mol. The van der Waals surface area contributed by atoms with E-state index in [0.717, 1.165) is 28.6 Å². The Kier molecular flexibility index (Phi) is 5.12. The van der Waals surface area contributed by atoms with Gasteiger partial charge in [0.05, 0.1) is 16.4 Å². The zero-order valence-electron chi connectivity index (χ0n) is 12.4. The SMILES string of the molecule is CCOC(=O)[C@@H]1CC=CCN1S(=O)(=O)c1ccc([N+](=O)[O-])cc1. The number of hydrogen-bond donors (Lipinski definition) is 0. The van der Waals surface area contributed by atoms with Gasteiger partial charge in [-0.1, -0.05) is 12.2 Å². The van der Waals surface area contributed by atoms with E-state index in [4.69, 9.17) is 4.74 Å². The number of ether oxygens (including phenoxy) is 1. The van der Waals surface area contributed by atoms with Crippen molar-refractivity contribution in [2.24, 2.45) is 0 Å². The van der Waals surface area contributed by atoms with Gasteiger partial charge < -0.3 is 4.74 Å². The zero-order chi connectivity index (χ0) is 17.0. The molecule has 0 amide bonds. The Balaban J connectivity index is 2.34. The fourth-order valence-corrected chi connectivity index (χ4v) is 3.78. The number of esters is 1. The van der Waals surface area contributed by atoms with E-state index < -0.39 is 27.0 Å². The van der Waals surface area contributed by atoms with Gasteiger partial charge in [0.15, 0.2) is 0 Å². The monoisotopic (exact) mass is 340 g/mol. The van der Waals surface area contributed by atoms with Crippen LogP contribution in [-0.4, -0.2) is 42.8 Å². The summed E-state index contributed by atoms with van der Waals surface area (Å²) in [5.74, 6) is -0.609. The molecule has 0 aromatic heterocycles. The molecule has 1 aromatic rings. The summed E-state index contributed by atoms with van der Waals surface area (Å²) in [4.78, 5) is 21.9. The molecule has 0 saturated heterocycles. The molecular weight excluding hydrogens is 324 g/mol. The molecule has 0 spiro atoms. The lowest BCUT2D eigenvalue weighted by Crippen LogP contribution is -2.47. The third-order valence-electron chi connectivity index (χ3n) is 3.37. The largest absolute Gasteiger partial charge is 0.465 e. The van der Waals surface area contributed by atoms with E-state index in [-0.39, 0.29) is 30.2 Å². The van der Waals surface area contributed by atoms with Gasteiger partial charge in [0.1, 0.15) is 6.04 Å². The van der Waals surface area contributed by atoms with E-state index in [9.17, 15) is 23.3 Å². The van der Waals surface area contributed by atoms with Gasteiger partial charge in [0.2, 0.25) is 10.0 Å². The molecule has 8 nitrogen and oxygen atoms in total. The number of non-ortho nitro benzene ring substituents is 1. The number of nitrogens with zero attached hydrogens (tertiary/aromatic N) is 2. The first-order valence-electron chi connectivity index (χ1n) is 6.96. The normalized spacial score (nSPS) is 18.6. The Hall–Kier alpha value is -2.26. The van der Waals surface area contributed by atoms with Crippen LogP contribution in [0.25, 0.3) is 0 Å². The van der Waals surface area contributed by atoms with Gasteiger partial charge >= 0.3 is 5.97 Å². The highest BCUT2D eigenvalue weighted by Crippen LogP contribution is 2.25. The number of nitro groups is 1. The average Bonchev–Trinajstić information content (AvgIpc) is 2.55. The van der Waals surface area contributed by atoms with Crippen LogP contribution in [0.1, 0.15) is 13.3 Å². The second-order valence-corrected chi connectivity index (χ2v) is 6.69. The third-order valence-corrected chi connectivity index (χ3v) is 5.26. The maximum Gasteiger partial charge on any atom is 0.324 e. The maximum absolute atomic E-state index is 12.7. The van der Waals surface area contributed by atoms with Gasteiger partial charge in [0.25, 0.3) is 5.69 Å². The first-order chi connectivity index (χ1) is 10.9. The number of carbonyl (C=O) groups excluding carboxylic acids is 1. The van der Waals surface area contributed by atoms with Crippen LogP contribution < -0.4 is 0 Å². The van der Waals surface area contributed by atoms with Crippen molar-refractivity contribution in [3.05, 3.63) is 46.5 Å². The lowest BCUT2D eigenvalue weighted by Gasteiger charge is -2.30. The maximum atomic E-state index is 12.7. The molecule has 0 N–H and O–H groups in total. The molecule has 124 valence electrons. The number of rotatable bonds is 5. The smallest absolute Gasteiger partial charge is 0.324 e. The molecule has 1 aliphatic rings. The standard InChI is InChI=1S/C14H16N2O6S/c1-2-22-14(17)13-5-3-4-10-15(13)23(20,21)12-8-6-11(7-9-12)16(18)19/h3-4,6-9,13H,2,5,10H2,1H3/t13-/m0/s1. The third kappa shape index (κ3) is 3.57. The molecule has 0 aliphatic carbocycles. The van der Waals surface area contributed by atoms with Crippen LogP contribution in [0.5, 0.6) is 0 Å². The van der Waals surface area contributed by atoms with Crippen molar-refractivity contribution in [3.8, 4) is 0 Å². The van der Waals surface area contributed by atoms with Gasteiger partial charge in [-0.2, -0.15) is 4.31 Å². The fourth-order valence-electron chi connectivity index (χ4n) is 2.24. The van der Waals surface area contributed by atoms with Crippen molar-refractivity contribution in [2.45, 2.75) is 24.3 Å². The van der Waals surface area contributed by atoms with Gasteiger partial charge in [-0.15, -0.1) is 0 Å². The molecule has 1 aliphatic heterocycles. The Labute approximate surface area is 133 Å². The van der Waals surface area contributed by atoms with Crippen LogP contribution in [0.4, 0.5) is 5.69 Å². The molecule has 1 heterocycles. The summed E-state index contributed by atoms with van der Waals surface area (Å²) in [6.45, 7) is 1.85. The second-order valence-electron chi connectivity index (χ2n) is 4.80. The highest BCUT2D eigenvalue weighted by Gasteiger charge is 2.37. The van der Waals surface area contributed by atoms with Crippen LogP contribution in [-0.2, 0) is 19.6 Å². The van der Waals surface area contributed by atoms with E-state index in [1.807, 2.05) is 0 Å². The van der Waals surface area contributed by atoms with Crippen molar-refractivity contribution in [1.29, 1.82) is 0 Å². The van der Waals surface area contributed by atoms with E-state index in [1.165, 1.54) is 0 Å². The summed E-state index contributed by atoms with van der Waals surface area (Å²) >= 11 is 0. The van der Waals surface area contributed by atoms with E-state index >= 15 is 0 Å². The number of hydrogen-bond acceptors (Lipinski definition) is 6. The predicted molar refractivity (Wildman–Crippen MR) is 81.2 cm³/mol. The van der Waals surface area contributed by atoms with Crippen LogP contribution in [0.15, 0.2) is 41.3 Å². The van der Waals surface area contributed by atoms with E-state index in [1.54, 1.807) is 19.1 Å². The lowest BCUT2D eigenvalue weighted by atomic mass is 10.1. The number of benzene rings is 1. The molecule has 0 fully saturated rings. The number of carbonyl (C=O) groups is 1. The highest BCUT2D eigenvalue weighted by molar-refractivity contribution is 7.89. The predicted octanol–water partition coefficient (Wildman–Crippen LogP) is 1.48. The van der Waals surface area contributed by atoms with Gasteiger partial charge in [-0.3, -0.25) is 14.9 Å². The highest BCUT2D eigenvalue weighted by atomic mass is 32.2. The Morgan fingerprint density at radius 1 is 1.35 bits per heavy atom. The van der Waals surface area contributed by atoms with Crippen LogP contribution in [0.3, 0.4) is 0 Å². The Morgan fingerprint density at radius 2 is 2.00 bits per heavy atom. The molecule has 0 saturated carbocycles. The quantitative estimate of drug-likeness (QED) is 0.348. The molecule has 9 heteroatoms. The van der Waals surface area contributed by atoms with Crippen LogP contribution >= 0.6 is 0 Å². The summed E-state index contributed by atoms with van der Waals surface area (Å²) in [7, 11) is -3.96. The first kappa shape index (κ1) is 17.1. The molecule has 2 rings (SSSR count). The van der Waals surface area contributed by atoms with Crippen molar-refractivity contribution in [2.75, 3.05) is 13.2 Å².